The van der Waals surface area contributed by atoms with Crippen molar-refractivity contribution in [1.82, 2.24) is 10.2 Å². The number of ether oxygens (including phenoxy) is 1. The van der Waals surface area contributed by atoms with Gasteiger partial charge in [0.05, 0.1) is 18.3 Å². The molecule has 2 saturated heterocycles. The van der Waals surface area contributed by atoms with Crippen LogP contribution in [0.25, 0.3) is 0 Å². The summed E-state index contributed by atoms with van der Waals surface area (Å²) in [5.41, 5.74) is 0. The van der Waals surface area contributed by atoms with Gasteiger partial charge in [0.1, 0.15) is 6.04 Å². The van der Waals surface area contributed by atoms with Gasteiger partial charge in [0.2, 0.25) is 11.8 Å². The van der Waals surface area contributed by atoms with Gasteiger partial charge in [-0.3, -0.25) is 14.4 Å². The minimum atomic E-state index is -0.456. The van der Waals surface area contributed by atoms with Crippen LogP contribution >= 0.6 is 11.8 Å². The fourth-order valence-electron chi connectivity index (χ4n) is 2.53. The van der Waals surface area contributed by atoms with E-state index >= 15 is 0 Å². The van der Waals surface area contributed by atoms with Crippen molar-refractivity contribution in [3.8, 4) is 0 Å². The summed E-state index contributed by atoms with van der Waals surface area (Å²) in [6, 6.07) is -0.456. The first kappa shape index (κ1) is 15.2. The van der Waals surface area contributed by atoms with Gasteiger partial charge in [-0.05, 0) is 19.8 Å². The Bertz CT molecular complexity index is 402. The van der Waals surface area contributed by atoms with Crippen LogP contribution in [0.2, 0.25) is 0 Å². The zero-order valence-corrected chi connectivity index (χ0v) is 12.4. The molecule has 0 aromatic carbocycles. The number of nitrogens with one attached hydrogen (secondary N) is 1. The van der Waals surface area contributed by atoms with Crippen molar-refractivity contribution in [2.24, 2.45) is 5.92 Å². The van der Waals surface area contributed by atoms with Crippen LogP contribution in [-0.2, 0) is 19.1 Å². The first-order valence-corrected chi connectivity index (χ1v) is 8.09. The topological polar surface area (TPSA) is 75.7 Å². The van der Waals surface area contributed by atoms with Crippen molar-refractivity contribution in [2.45, 2.75) is 25.8 Å². The monoisotopic (exact) mass is 300 g/mol. The van der Waals surface area contributed by atoms with Gasteiger partial charge >= 0.3 is 5.97 Å². The van der Waals surface area contributed by atoms with E-state index in [9.17, 15) is 14.4 Å². The highest BCUT2D eigenvalue weighted by Crippen LogP contribution is 2.20. The molecule has 2 rings (SSSR count). The summed E-state index contributed by atoms with van der Waals surface area (Å²) >= 11 is 1.47. The number of hydrogen-bond acceptors (Lipinski definition) is 5. The van der Waals surface area contributed by atoms with Crippen molar-refractivity contribution >= 4 is 29.5 Å². The number of carbonyl (C=O) groups excluding carboxylic acids is 3. The summed E-state index contributed by atoms with van der Waals surface area (Å²) in [6.45, 7) is 3.18. The third-order valence-corrected chi connectivity index (χ3v) is 4.54. The van der Waals surface area contributed by atoms with E-state index in [0.29, 0.717) is 31.2 Å². The SMILES string of the molecule is CCOC(=O)C1CCCN(C(=O)C2CSCC(=O)N2)C1. The molecular formula is C13H20N2O4S. The molecule has 0 aromatic heterocycles. The number of thioether (sulfide) groups is 1. The molecule has 2 unspecified atom stereocenters. The van der Waals surface area contributed by atoms with Gasteiger partial charge in [0.15, 0.2) is 0 Å². The molecule has 0 aliphatic carbocycles. The third kappa shape index (κ3) is 3.65. The van der Waals surface area contributed by atoms with E-state index in [4.69, 9.17) is 4.74 Å². The molecule has 2 aliphatic rings. The number of piperidine rings is 1. The lowest BCUT2D eigenvalue weighted by molar-refractivity contribution is -0.151. The second kappa shape index (κ2) is 6.97. The molecule has 2 amide bonds. The highest BCUT2D eigenvalue weighted by Gasteiger charge is 2.34. The number of nitrogens with zero attached hydrogens (tertiary/aromatic N) is 1. The summed E-state index contributed by atoms with van der Waals surface area (Å²) in [7, 11) is 0. The Labute approximate surface area is 122 Å². The van der Waals surface area contributed by atoms with Gasteiger partial charge < -0.3 is 15.0 Å². The van der Waals surface area contributed by atoms with Crippen LogP contribution in [0.1, 0.15) is 19.8 Å². The van der Waals surface area contributed by atoms with Crippen LogP contribution in [0, 0.1) is 5.92 Å². The molecule has 0 aromatic rings. The number of rotatable bonds is 3. The first-order chi connectivity index (χ1) is 9.61. The summed E-state index contributed by atoms with van der Waals surface area (Å²) in [5.74, 6) is 0.366. The van der Waals surface area contributed by atoms with Crippen LogP contribution in [-0.4, -0.2) is 59.9 Å². The van der Waals surface area contributed by atoms with E-state index in [1.807, 2.05) is 0 Å². The van der Waals surface area contributed by atoms with Crippen LogP contribution in [0.15, 0.2) is 0 Å². The molecular weight excluding hydrogens is 280 g/mol. The molecule has 0 radical (unpaired) electrons. The fraction of sp³-hybridized carbons (Fsp3) is 0.769. The van der Waals surface area contributed by atoms with E-state index in [-0.39, 0.29) is 23.7 Å². The zero-order valence-electron chi connectivity index (χ0n) is 11.6. The Kier molecular flexibility index (Phi) is 5.28. The zero-order chi connectivity index (χ0) is 14.5. The van der Waals surface area contributed by atoms with Crippen molar-refractivity contribution in [3.05, 3.63) is 0 Å². The minimum absolute atomic E-state index is 0.0838. The van der Waals surface area contributed by atoms with Gasteiger partial charge in [-0.25, -0.2) is 0 Å². The first-order valence-electron chi connectivity index (χ1n) is 6.94. The van der Waals surface area contributed by atoms with Gasteiger partial charge in [-0.1, -0.05) is 0 Å². The van der Waals surface area contributed by atoms with Crippen LogP contribution in [0.5, 0.6) is 0 Å². The van der Waals surface area contributed by atoms with E-state index < -0.39 is 6.04 Å². The number of carbonyl (C=O) groups is 3. The summed E-state index contributed by atoms with van der Waals surface area (Å²) < 4.78 is 5.02. The average Bonchev–Trinajstić information content (AvgIpc) is 2.47. The Morgan fingerprint density at radius 1 is 1.50 bits per heavy atom. The predicted molar refractivity (Wildman–Crippen MR) is 75.2 cm³/mol. The number of esters is 1. The van der Waals surface area contributed by atoms with Crippen molar-refractivity contribution in [3.63, 3.8) is 0 Å². The number of hydrogen-bond donors (Lipinski definition) is 1. The number of likely N-dealkylation sites (tertiary alicyclic amines) is 1. The fourth-order valence-corrected chi connectivity index (χ4v) is 3.38. The van der Waals surface area contributed by atoms with Gasteiger partial charge in [0, 0.05) is 18.8 Å². The lowest BCUT2D eigenvalue weighted by Gasteiger charge is -2.35. The highest BCUT2D eigenvalue weighted by atomic mass is 32.2. The molecule has 112 valence electrons. The molecule has 0 saturated carbocycles. The minimum Gasteiger partial charge on any atom is -0.466 e. The summed E-state index contributed by atoms with van der Waals surface area (Å²) in [6.07, 6.45) is 1.55. The van der Waals surface area contributed by atoms with Crippen LogP contribution in [0.3, 0.4) is 0 Å². The molecule has 2 heterocycles. The van der Waals surface area contributed by atoms with Crippen molar-refractivity contribution in [1.29, 1.82) is 0 Å². The standard InChI is InChI=1S/C13H20N2O4S/c1-2-19-13(18)9-4-3-5-15(6-9)12(17)10-7-20-8-11(16)14-10/h9-10H,2-8H2,1H3,(H,14,16). The molecule has 2 atom stereocenters. The Hall–Kier alpha value is -1.24. The maximum absolute atomic E-state index is 12.4. The smallest absolute Gasteiger partial charge is 0.310 e. The van der Waals surface area contributed by atoms with E-state index in [1.54, 1.807) is 11.8 Å². The Morgan fingerprint density at radius 3 is 3.00 bits per heavy atom. The highest BCUT2D eigenvalue weighted by molar-refractivity contribution is 8.00. The Balaban J connectivity index is 1.92. The number of amides is 2. The Morgan fingerprint density at radius 2 is 2.30 bits per heavy atom. The van der Waals surface area contributed by atoms with E-state index in [0.717, 1.165) is 12.8 Å². The quantitative estimate of drug-likeness (QED) is 0.744. The molecule has 0 spiro atoms. The largest absolute Gasteiger partial charge is 0.466 e. The van der Waals surface area contributed by atoms with Crippen molar-refractivity contribution in [2.75, 3.05) is 31.2 Å². The predicted octanol–water partition coefficient (Wildman–Crippen LogP) is 0.0197. The van der Waals surface area contributed by atoms with Gasteiger partial charge in [0.25, 0.3) is 0 Å². The molecule has 2 aliphatic heterocycles. The molecule has 6 nitrogen and oxygen atoms in total. The van der Waals surface area contributed by atoms with Crippen LogP contribution < -0.4 is 5.32 Å². The summed E-state index contributed by atoms with van der Waals surface area (Å²) in [4.78, 5) is 37.2. The molecule has 0 bridgehead atoms. The molecule has 1 N–H and O–H groups in total. The maximum Gasteiger partial charge on any atom is 0.310 e. The second-order valence-electron chi connectivity index (χ2n) is 5.01. The maximum atomic E-state index is 12.4. The molecule has 7 heteroatoms. The van der Waals surface area contributed by atoms with E-state index in [2.05, 4.69) is 5.32 Å². The van der Waals surface area contributed by atoms with Crippen LogP contribution in [0.4, 0.5) is 0 Å². The van der Waals surface area contributed by atoms with E-state index in [1.165, 1.54) is 11.8 Å². The van der Waals surface area contributed by atoms with Crippen molar-refractivity contribution < 1.29 is 19.1 Å². The molecule has 20 heavy (non-hydrogen) atoms. The van der Waals surface area contributed by atoms with Gasteiger partial charge in [-0.2, -0.15) is 0 Å². The lowest BCUT2D eigenvalue weighted by Crippen LogP contribution is -2.55. The second-order valence-corrected chi connectivity index (χ2v) is 6.04. The molecule has 2 fully saturated rings. The normalized spacial score (nSPS) is 26.9. The lowest BCUT2D eigenvalue weighted by atomic mass is 9.97. The third-order valence-electron chi connectivity index (χ3n) is 3.50. The summed E-state index contributed by atoms with van der Waals surface area (Å²) in [5, 5.41) is 2.72. The average molecular weight is 300 g/mol. The van der Waals surface area contributed by atoms with Gasteiger partial charge in [-0.15, -0.1) is 11.8 Å².